The SMILES string of the molecule is COc1cc2c(Oc3ccc(NC(=O)c4c(C)n(C)n(-c5ccc(C)cc5)c4=O)cc3)ccnc2cc1OC[C@H](C)O. The van der Waals surface area contributed by atoms with E-state index in [1.165, 1.54) is 11.8 Å². The lowest BCUT2D eigenvalue weighted by Gasteiger charge is -2.15. The lowest BCUT2D eigenvalue weighted by molar-refractivity contribution is 0.102. The van der Waals surface area contributed by atoms with Crippen LogP contribution in [-0.4, -0.2) is 45.2 Å². The molecule has 0 aliphatic heterocycles. The number of amides is 1. The molecule has 0 saturated heterocycles. The van der Waals surface area contributed by atoms with Crippen LogP contribution >= 0.6 is 0 Å². The number of rotatable bonds is 9. The number of hydrogen-bond acceptors (Lipinski definition) is 7. The maximum Gasteiger partial charge on any atom is 0.284 e. The molecule has 0 aliphatic rings. The molecule has 3 aromatic carbocycles. The number of aliphatic hydroxyl groups is 1. The fraction of sp³-hybridized carbons (Fsp3) is 0.219. The third kappa shape index (κ3) is 5.70. The number of aryl methyl sites for hydroxylation is 1. The van der Waals surface area contributed by atoms with Gasteiger partial charge in [0.25, 0.3) is 11.5 Å². The van der Waals surface area contributed by atoms with Crippen LogP contribution in [0.2, 0.25) is 0 Å². The number of pyridine rings is 1. The molecule has 2 heterocycles. The number of methoxy groups -OCH3 is 1. The van der Waals surface area contributed by atoms with Crippen molar-refractivity contribution < 1.29 is 24.1 Å². The van der Waals surface area contributed by atoms with Crippen molar-refractivity contribution in [2.45, 2.75) is 26.9 Å². The van der Waals surface area contributed by atoms with Crippen molar-refractivity contribution in [1.82, 2.24) is 14.3 Å². The first-order valence-corrected chi connectivity index (χ1v) is 13.4. The first-order valence-electron chi connectivity index (χ1n) is 13.4. The number of hydrogen-bond donors (Lipinski definition) is 2. The molecule has 0 fully saturated rings. The van der Waals surface area contributed by atoms with Crippen LogP contribution in [0.25, 0.3) is 16.6 Å². The highest BCUT2D eigenvalue weighted by molar-refractivity contribution is 6.05. The van der Waals surface area contributed by atoms with Gasteiger partial charge in [-0.1, -0.05) is 17.7 Å². The summed E-state index contributed by atoms with van der Waals surface area (Å²) in [6.07, 6.45) is 0.998. The lowest BCUT2D eigenvalue weighted by Crippen LogP contribution is -2.25. The van der Waals surface area contributed by atoms with E-state index in [4.69, 9.17) is 14.2 Å². The predicted molar refractivity (Wildman–Crippen MR) is 160 cm³/mol. The van der Waals surface area contributed by atoms with E-state index < -0.39 is 17.6 Å². The Balaban J connectivity index is 1.35. The zero-order valence-corrected chi connectivity index (χ0v) is 24.0. The molecule has 0 aliphatic carbocycles. The molecule has 5 aromatic rings. The number of anilines is 1. The first-order chi connectivity index (χ1) is 20.2. The highest BCUT2D eigenvalue weighted by Crippen LogP contribution is 2.37. The summed E-state index contributed by atoms with van der Waals surface area (Å²) in [5.41, 5.74) is 3.14. The minimum absolute atomic E-state index is 0.0763. The molecule has 0 saturated carbocycles. The molecule has 42 heavy (non-hydrogen) atoms. The molecule has 0 bridgehead atoms. The van der Waals surface area contributed by atoms with Gasteiger partial charge in [-0.15, -0.1) is 0 Å². The Bertz CT molecular complexity index is 1800. The third-order valence-electron chi connectivity index (χ3n) is 6.87. The second-order valence-corrected chi connectivity index (χ2v) is 10.0. The van der Waals surface area contributed by atoms with E-state index in [-0.39, 0.29) is 12.2 Å². The average molecular weight is 569 g/mol. The molecule has 1 atom stereocenters. The van der Waals surface area contributed by atoms with Crippen molar-refractivity contribution in [3.05, 3.63) is 100 Å². The van der Waals surface area contributed by atoms with Gasteiger partial charge in [0.05, 0.1) is 30.1 Å². The molecule has 1 amide bonds. The fourth-order valence-electron chi connectivity index (χ4n) is 4.57. The van der Waals surface area contributed by atoms with Gasteiger partial charge in [0.1, 0.15) is 23.7 Å². The first kappa shape index (κ1) is 28.4. The number of carbonyl (C=O) groups excluding carboxylic acids is 1. The molecule has 2 aromatic heterocycles. The van der Waals surface area contributed by atoms with E-state index in [2.05, 4.69) is 10.3 Å². The number of nitrogens with one attached hydrogen (secondary N) is 1. The standard InChI is InChI=1S/C32H32N4O6/c1-19-6-10-23(11-7-19)36-32(39)30(21(3)35(36)4)31(38)34-22-8-12-24(13-9-22)42-27-14-15-33-26-17-29(41-18-20(2)37)28(40-5)16-25(26)27/h6-17,20,37H,18H2,1-5H3,(H,34,38)/t20-/m0/s1. The van der Waals surface area contributed by atoms with E-state index in [1.807, 2.05) is 31.2 Å². The summed E-state index contributed by atoms with van der Waals surface area (Å²) in [5, 5.41) is 13.1. The quantitative estimate of drug-likeness (QED) is 0.252. The summed E-state index contributed by atoms with van der Waals surface area (Å²) in [4.78, 5) is 30.9. The molecule has 0 radical (unpaired) electrons. The molecular formula is C32H32N4O6. The Labute approximate surface area is 242 Å². The van der Waals surface area contributed by atoms with Crippen molar-refractivity contribution in [2.24, 2.45) is 7.05 Å². The lowest BCUT2D eigenvalue weighted by atomic mass is 10.1. The Hall–Kier alpha value is -5.09. The minimum atomic E-state index is -0.630. The zero-order chi connectivity index (χ0) is 30.0. The van der Waals surface area contributed by atoms with Crippen molar-refractivity contribution in [1.29, 1.82) is 0 Å². The van der Waals surface area contributed by atoms with Gasteiger partial charge in [0.2, 0.25) is 0 Å². The van der Waals surface area contributed by atoms with E-state index >= 15 is 0 Å². The maximum atomic E-state index is 13.3. The van der Waals surface area contributed by atoms with E-state index in [0.29, 0.717) is 51.0 Å². The molecule has 10 heteroatoms. The molecule has 216 valence electrons. The summed E-state index contributed by atoms with van der Waals surface area (Å²) in [6, 6.07) is 19.6. The van der Waals surface area contributed by atoms with Crippen LogP contribution in [0.3, 0.4) is 0 Å². The molecule has 10 nitrogen and oxygen atoms in total. The Kier molecular flexibility index (Phi) is 7.99. The van der Waals surface area contributed by atoms with E-state index in [1.54, 1.807) is 74.2 Å². The summed E-state index contributed by atoms with van der Waals surface area (Å²) < 4.78 is 20.5. The monoisotopic (exact) mass is 568 g/mol. The molecule has 5 rings (SSSR count). The average Bonchev–Trinajstić information content (AvgIpc) is 3.20. The van der Waals surface area contributed by atoms with Crippen LogP contribution in [0.15, 0.2) is 77.7 Å². The molecule has 2 N–H and O–H groups in total. The van der Waals surface area contributed by atoms with Gasteiger partial charge >= 0.3 is 0 Å². The van der Waals surface area contributed by atoms with Gasteiger partial charge in [-0.3, -0.25) is 19.3 Å². The van der Waals surface area contributed by atoms with E-state index in [9.17, 15) is 14.7 Å². The maximum absolute atomic E-state index is 13.3. The number of aromatic nitrogens is 3. The summed E-state index contributed by atoms with van der Waals surface area (Å²) in [6.45, 7) is 5.47. The third-order valence-corrected chi connectivity index (χ3v) is 6.87. The number of carbonyl (C=O) groups is 1. The fourth-order valence-corrected chi connectivity index (χ4v) is 4.57. The summed E-state index contributed by atoms with van der Waals surface area (Å²) in [7, 11) is 3.29. The summed E-state index contributed by atoms with van der Waals surface area (Å²) >= 11 is 0. The van der Waals surface area contributed by atoms with Crippen molar-refractivity contribution in [2.75, 3.05) is 19.0 Å². The molecular weight excluding hydrogens is 536 g/mol. The predicted octanol–water partition coefficient (Wildman–Crippen LogP) is 5.15. The topological polar surface area (TPSA) is 117 Å². The second-order valence-electron chi connectivity index (χ2n) is 10.0. The molecule has 0 unspecified atom stereocenters. The Morgan fingerprint density at radius 1 is 1.00 bits per heavy atom. The van der Waals surface area contributed by atoms with Crippen molar-refractivity contribution in [3.63, 3.8) is 0 Å². The number of benzene rings is 3. The summed E-state index contributed by atoms with van der Waals surface area (Å²) in [5.74, 6) is 1.54. The van der Waals surface area contributed by atoms with Crippen LogP contribution in [-0.2, 0) is 7.05 Å². The Morgan fingerprint density at radius 3 is 2.38 bits per heavy atom. The van der Waals surface area contributed by atoms with Crippen LogP contribution in [0.4, 0.5) is 5.69 Å². The largest absolute Gasteiger partial charge is 0.493 e. The van der Waals surface area contributed by atoms with Gasteiger partial charge in [-0.25, -0.2) is 4.68 Å². The molecule has 0 spiro atoms. The number of nitrogens with zero attached hydrogens (tertiary/aromatic N) is 3. The number of fused-ring (bicyclic) bond motifs is 1. The normalized spacial score (nSPS) is 11.8. The van der Waals surface area contributed by atoms with Crippen LogP contribution in [0.1, 0.15) is 28.5 Å². The number of ether oxygens (including phenoxy) is 3. The number of aliphatic hydroxyl groups excluding tert-OH is 1. The van der Waals surface area contributed by atoms with Gasteiger partial charge in [0.15, 0.2) is 11.5 Å². The van der Waals surface area contributed by atoms with Gasteiger partial charge in [0, 0.05) is 30.4 Å². The smallest absolute Gasteiger partial charge is 0.284 e. The van der Waals surface area contributed by atoms with Crippen LogP contribution < -0.4 is 25.1 Å². The van der Waals surface area contributed by atoms with Crippen molar-refractivity contribution in [3.8, 4) is 28.7 Å². The highest BCUT2D eigenvalue weighted by Gasteiger charge is 2.22. The van der Waals surface area contributed by atoms with E-state index in [0.717, 1.165) is 5.56 Å². The van der Waals surface area contributed by atoms with Crippen LogP contribution in [0.5, 0.6) is 23.0 Å². The second kappa shape index (κ2) is 11.8. The van der Waals surface area contributed by atoms with Crippen molar-refractivity contribution >= 4 is 22.5 Å². The highest BCUT2D eigenvalue weighted by atomic mass is 16.5. The minimum Gasteiger partial charge on any atom is -0.493 e. The van der Waals surface area contributed by atoms with Gasteiger partial charge < -0.3 is 24.6 Å². The van der Waals surface area contributed by atoms with Crippen LogP contribution in [0, 0.1) is 13.8 Å². The Morgan fingerprint density at radius 2 is 1.71 bits per heavy atom. The van der Waals surface area contributed by atoms with Gasteiger partial charge in [-0.05, 0) is 69.3 Å². The van der Waals surface area contributed by atoms with Gasteiger partial charge in [-0.2, -0.15) is 0 Å². The zero-order valence-electron chi connectivity index (χ0n) is 24.0.